The molecule has 0 radical (unpaired) electrons. The van der Waals surface area contributed by atoms with Gasteiger partial charge in [0.05, 0.1) is 29.8 Å². The molecule has 0 heterocycles. The maximum atomic E-state index is 13.6. The van der Waals surface area contributed by atoms with E-state index in [1.54, 1.807) is 39.5 Å². The second kappa shape index (κ2) is 16.9. The first-order valence-corrected chi connectivity index (χ1v) is 13.8. The molecule has 0 atom stereocenters. The van der Waals surface area contributed by atoms with Gasteiger partial charge < -0.3 is 29.6 Å². The topological polar surface area (TPSA) is 78.1 Å². The van der Waals surface area contributed by atoms with E-state index in [0.29, 0.717) is 35.1 Å². The van der Waals surface area contributed by atoms with E-state index < -0.39 is 17.5 Å². The summed E-state index contributed by atoms with van der Waals surface area (Å²) in [6, 6.07) is 16.0. The Kier molecular flexibility index (Phi) is 14.0. The summed E-state index contributed by atoms with van der Waals surface area (Å²) in [5.74, 6) is 1.59. The van der Waals surface area contributed by atoms with Crippen LogP contribution < -0.4 is 29.6 Å². The standard InChI is InChI=1S/C16H15ClFNO3.C16H17ClFNO2.ClH/c1-9-13(21-3)5-4-6-14(9)22-15-8-11(17)12(18)7-10(15)16(20)19-2;1-10-14(20-3)5-4-6-15(10)21-16-8-12(17)13(18)7-11(16)9-19-2;/h4-8H,1-3H3,(H,19,20);4-8,19H,9H2,1-3H3;1H. The predicted molar refractivity (Wildman–Crippen MR) is 172 cm³/mol. The third-order valence-corrected chi connectivity index (χ3v) is 6.89. The fourth-order valence-electron chi connectivity index (χ4n) is 4.01. The lowest BCUT2D eigenvalue weighted by Crippen LogP contribution is -2.18. The predicted octanol–water partition coefficient (Wildman–Crippen LogP) is 8.68. The molecule has 0 saturated carbocycles. The Morgan fingerprint density at radius 3 is 1.66 bits per heavy atom. The van der Waals surface area contributed by atoms with Crippen LogP contribution in [0.25, 0.3) is 0 Å². The summed E-state index contributed by atoms with van der Waals surface area (Å²) < 4.78 is 49.3. The van der Waals surface area contributed by atoms with E-state index in [0.717, 1.165) is 22.9 Å². The van der Waals surface area contributed by atoms with Crippen LogP contribution in [0.15, 0.2) is 60.7 Å². The zero-order valence-electron chi connectivity index (χ0n) is 24.9. The van der Waals surface area contributed by atoms with Gasteiger partial charge in [0.1, 0.15) is 46.1 Å². The van der Waals surface area contributed by atoms with Gasteiger partial charge in [-0.25, -0.2) is 8.78 Å². The average molecular weight is 670 g/mol. The van der Waals surface area contributed by atoms with Crippen LogP contribution in [0, 0.1) is 25.5 Å². The maximum Gasteiger partial charge on any atom is 0.254 e. The van der Waals surface area contributed by atoms with Crippen LogP contribution in [-0.4, -0.2) is 34.2 Å². The zero-order valence-corrected chi connectivity index (χ0v) is 27.3. The van der Waals surface area contributed by atoms with Crippen molar-refractivity contribution in [3.8, 4) is 34.5 Å². The van der Waals surface area contributed by atoms with Crippen molar-refractivity contribution in [1.29, 1.82) is 0 Å². The van der Waals surface area contributed by atoms with Crippen molar-refractivity contribution >= 4 is 41.5 Å². The van der Waals surface area contributed by atoms with Crippen LogP contribution in [0.1, 0.15) is 27.0 Å². The van der Waals surface area contributed by atoms with E-state index >= 15 is 0 Å². The number of benzene rings is 4. The lowest BCUT2D eigenvalue weighted by Gasteiger charge is -2.15. The number of hydrogen-bond donors (Lipinski definition) is 2. The summed E-state index contributed by atoms with van der Waals surface area (Å²) in [5, 5.41) is 5.33. The number of halogens is 5. The van der Waals surface area contributed by atoms with Gasteiger partial charge in [-0.05, 0) is 57.3 Å². The van der Waals surface area contributed by atoms with Crippen molar-refractivity contribution in [3.05, 3.63) is 105 Å². The first kappa shape index (κ1) is 36.4. The van der Waals surface area contributed by atoms with E-state index in [9.17, 15) is 13.6 Å². The second-order valence-corrected chi connectivity index (χ2v) is 9.93. The van der Waals surface area contributed by atoms with Crippen molar-refractivity contribution in [2.75, 3.05) is 28.3 Å². The first-order valence-electron chi connectivity index (χ1n) is 13.0. The molecule has 0 bridgehead atoms. The summed E-state index contributed by atoms with van der Waals surface area (Å²) >= 11 is 11.6. The second-order valence-electron chi connectivity index (χ2n) is 9.12. The molecule has 0 fully saturated rings. The van der Waals surface area contributed by atoms with E-state index in [1.807, 2.05) is 32.0 Å². The number of nitrogens with one attached hydrogen (secondary N) is 2. The molecule has 4 aromatic carbocycles. The maximum absolute atomic E-state index is 13.6. The van der Waals surface area contributed by atoms with Crippen LogP contribution in [0.5, 0.6) is 34.5 Å². The monoisotopic (exact) mass is 668 g/mol. The molecule has 0 spiro atoms. The normalized spacial score (nSPS) is 10.1. The molecule has 0 aromatic heterocycles. The highest BCUT2D eigenvalue weighted by Crippen LogP contribution is 2.36. The molecular weight excluding hydrogens is 637 g/mol. The quantitative estimate of drug-likeness (QED) is 0.186. The molecule has 4 aromatic rings. The van der Waals surface area contributed by atoms with Crippen LogP contribution in [0.3, 0.4) is 0 Å². The Morgan fingerprint density at radius 1 is 0.727 bits per heavy atom. The molecule has 0 aliphatic carbocycles. The summed E-state index contributed by atoms with van der Waals surface area (Å²) in [6.07, 6.45) is 0. The fourth-order valence-corrected chi connectivity index (χ4v) is 4.31. The molecular formula is C32H33Cl3F2N2O5. The van der Waals surface area contributed by atoms with Gasteiger partial charge >= 0.3 is 0 Å². The van der Waals surface area contributed by atoms with Crippen molar-refractivity contribution in [2.24, 2.45) is 0 Å². The Bertz CT molecular complexity index is 1610. The summed E-state index contributed by atoms with van der Waals surface area (Å²) in [6.45, 7) is 4.20. The van der Waals surface area contributed by atoms with Crippen molar-refractivity contribution in [2.45, 2.75) is 20.4 Å². The summed E-state index contributed by atoms with van der Waals surface area (Å²) in [4.78, 5) is 11.9. The Balaban J connectivity index is 0.000000300. The van der Waals surface area contributed by atoms with Crippen LogP contribution in [-0.2, 0) is 6.54 Å². The SMILES string of the molecule is CNC(=O)c1cc(F)c(Cl)cc1Oc1cccc(OC)c1C.CNCc1cc(F)c(Cl)cc1Oc1cccc(OC)c1C.Cl. The average Bonchev–Trinajstić information content (AvgIpc) is 2.99. The minimum absolute atomic E-state index is 0. The summed E-state index contributed by atoms with van der Waals surface area (Å²) in [7, 11) is 6.40. The molecule has 0 saturated heterocycles. The van der Waals surface area contributed by atoms with E-state index in [-0.39, 0.29) is 33.8 Å². The summed E-state index contributed by atoms with van der Waals surface area (Å²) in [5.41, 5.74) is 2.39. The molecule has 0 unspecified atom stereocenters. The van der Waals surface area contributed by atoms with Crippen molar-refractivity contribution < 1.29 is 32.5 Å². The number of ether oxygens (including phenoxy) is 4. The molecule has 2 N–H and O–H groups in total. The van der Waals surface area contributed by atoms with Gasteiger partial charge in [0.2, 0.25) is 0 Å². The van der Waals surface area contributed by atoms with Gasteiger partial charge in [-0.1, -0.05) is 35.3 Å². The highest BCUT2D eigenvalue weighted by atomic mass is 35.5. The third-order valence-electron chi connectivity index (χ3n) is 6.31. The molecule has 236 valence electrons. The minimum atomic E-state index is -0.685. The van der Waals surface area contributed by atoms with Gasteiger partial charge in [0.25, 0.3) is 5.91 Å². The molecule has 0 aliphatic heterocycles. The largest absolute Gasteiger partial charge is 0.496 e. The lowest BCUT2D eigenvalue weighted by molar-refractivity contribution is 0.0960. The van der Waals surface area contributed by atoms with E-state index in [2.05, 4.69) is 10.6 Å². The molecule has 0 aliphatic rings. The van der Waals surface area contributed by atoms with Gasteiger partial charge in [0, 0.05) is 42.4 Å². The number of carbonyl (C=O) groups is 1. The van der Waals surface area contributed by atoms with Crippen molar-refractivity contribution in [3.63, 3.8) is 0 Å². The lowest BCUT2D eigenvalue weighted by atomic mass is 10.1. The van der Waals surface area contributed by atoms with E-state index in [1.165, 1.54) is 25.2 Å². The van der Waals surface area contributed by atoms with Gasteiger partial charge in [-0.2, -0.15) is 0 Å². The Labute approximate surface area is 271 Å². The number of hydrogen-bond acceptors (Lipinski definition) is 6. The van der Waals surface area contributed by atoms with Gasteiger partial charge in [-0.15, -0.1) is 12.4 Å². The minimum Gasteiger partial charge on any atom is -0.496 e. The van der Waals surface area contributed by atoms with Crippen LogP contribution in [0.2, 0.25) is 10.0 Å². The number of methoxy groups -OCH3 is 2. The number of carbonyl (C=O) groups excluding carboxylic acids is 1. The fraction of sp³-hybridized carbons (Fsp3) is 0.219. The third kappa shape index (κ3) is 8.89. The molecule has 1 amide bonds. The van der Waals surface area contributed by atoms with Crippen LogP contribution >= 0.6 is 35.6 Å². The molecule has 7 nitrogen and oxygen atoms in total. The first-order chi connectivity index (χ1) is 20.5. The molecule has 44 heavy (non-hydrogen) atoms. The molecule has 12 heteroatoms. The zero-order chi connectivity index (χ0) is 31.7. The number of rotatable bonds is 9. The Morgan fingerprint density at radius 2 is 1.18 bits per heavy atom. The highest BCUT2D eigenvalue weighted by Gasteiger charge is 2.18. The molecule has 4 rings (SSSR count). The van der Waals surface area contributed by atoms with Crippen molar-refractivity contribution in [1.82, 2.24) is 10.6 Å². The van der Waals surface area contributed by atoms with E-state index in [4.69, 9.17) is 42.1 Å². The van der Waals surface area contributed by atoms with Crippen LogP contribution in [0.4, 0.5) is 8.78 Å². The van der Waals surface area contributed by atoms with Gasteiger partial charge in [-0.3, -0.25) is 4.79 Å². The highest BCUT2D eigenvalue weighted by molar-refractivity contribution is 6.31. The Hall–Kier alpha value is -3.76. The number of amides is 1. The van der Waals surface area contributed by atoms with Gasteiger partial charge in [0.15, 0.2) is 0 Å². The smallest absolute Gasteiger partial charge is 0.254 e.